The van der Waals surface area contributed by atoms with E-state index in [1.165, 1.54) is 0 Å². The minimum absolute atomic E-state index is 0.252. The van der Waals surface area contributed by atoms with Crippen molar-refractivity contribution in [1.82, 2.24) is 4.98 Å². The number of nitrogens with zero attached hydrogens (tertiary/aromatic N) is 3. The molecule has 0 aliphatic carbocycles. The largest absolute Gasteiger partial charge is 0.374 e. The third-order valence-electron chi connectivity index (χ3n) is 6.19. The lowest BCUT2D eigenvalue weighted by molar-refractivity contribution is 0.0602. The number of aryl methyl sites for hydroxylation is 3. The molecule has 0 spiro atoms. The topological polar surface area (TPSA) is 65.8 Å². The highest BCUT2D eigenvalue weighted by atomic mass is 16.3. The number of benzene rings is 2. The zero-order chi connectivity index (χ0) is 20.3. The fourth-order valence-electron chi connectivity index (χ4n) is 4.27. The monoisotopic (exact) mass is 385 g/mol. The molecule has 146 valence electrons. The predicted molar refractivity (Wildman–Crippen MR) is 115 cm³/mol. The quantitative estimate of drug-likeness (QED) is 0.715. The van der Waals surface area contributed by atoms with Crippen molar-refractivity contribution >= 4 is 33.9 Å². The lowest BCUT2D eigenvalue weighted by Crippen LogP contribution is -2.48. The van der Waals surface area contributed by atoms with E-state index in [1.54, 1.807) is 0 Å². The standard InChI is InChI=1S/C24H23N3O2/c1-4-17-6-5-16-13-18(7-8-20(16)25-17)27-10-9-24(29)22(28)19-11-14(2)15(3)12-21(19)26-23(24)27/h5-8,11-13,29H,4,9-10H2,1-3H3. The normalized spacial score (nSPS) is 20.6. The van der Waals surface area contributed by atoms with Gasteiger partial charge < -0.3 is 10.0 Å². The summed E-state index contributed by atoms with van der Waals surface area (Å²) < 4.78 is 0. The van der Waals surface area contributed by atoms with E-state index in [9.17, 15) is 9.90 Å². The molecule has 5 heteroatoms. The van der Waals surface area contributed by atoms with E-state index < -0.39 is 5.60 Å². The summed E-state index contributed by atoms with van der Waals surface area (Å²) in [6, 6.07) is 13.9. The third kappa shape index (κ3) is 2.61. The second kappa shape index (κ2) is 6.22. The number of amidine groups is 1. The molecule has 3 aromatic rings. The Bertz CT molecular complexity index is 1210. The maximum atomic E-state index is 13.2. The van der Waals surface area contributed by atoms with Crippen LogP contribution in [-0.2, 0) is 6.42 Å². The summed E-state index contributed by atoms with van der Waals surface area (Å²) >= 11 is 0. The molecule has 0 bridgehead atoms. The van der Waals surface area contributed by atoms with Crippen molar-refractivity contribution in [2.24, 2.45) is 4.99 Å². The van der Waals surface area contributed by atoms with Crippen LogP contribution in [0.4, 0.5) is 11.4 Å². The van der Waals surface area contributed by atoms with Gasteiger partial charge in [0, 0.05) is 35.3 Å². The molecule has 2 aliphatic heterocycles. The number of Topliss-reactive ketones (excluding diaryl/α,β-unsaturated/α-hetero) is 1. The zero-order valence-corrected chi connectivity index (χ0v) is 16.9. The van der Waals surface area contributed by atoms with E-state index in [0.717, 1.165) is 39.8 Å². The maximum absolute atomic E-state index is 13.2. The Hall–Kier alpha value is -3.05. The van der Waals surface area contributed by atoms with Crippen LogP contribution < -0.4 is 4.90 Å². The molecular weight excluding hydrogens is 362 g/mol. The summed E-state index contributed by atoms with van der Waals surface area (Å²) in [7, 11) is 0. The fraction of sp³-hybridized carbons (Fsp3) is 0.292. The summed E-state index contributed by atoms with van der Waals surface area (Å²) in [4.78, 5) is 24.6. The van der Waals surface area contributed by atoms with Gasteiger partial charge in [0.1, 0.15) is 5.84 Å². The highest BCUT2D eigenvalue weighted by Gasteiger charge is 2.52. The van der Waals surface area contributed by atoms with Gasteiger partial charge in [-0.15, -0.1) is 0 Å². The summed E-state index contributed by atoms with van der Waals surface area (Å²) in [6.45, 7) is 6.61. The van der Waals surface area contributed by atoms with Gasteiger partial charge in [-0.2, -0.15) is 0 Å². The fourth-order valence-corrected chi connectivity index (χ4v) is 4.27. The average Bonchev–Trinajstić information content (AvgIpc) is 3.07. The molecule has 5 rings (SSSR count). The Morgan fingerprint density at radius 2 is 1.90 bits per heavy atom. The second-order valence-corrected chi connectivity index (χ2v) is 8.01. The van der Waals surface area contributed by atoms with Gasteiger partial charge in [-0.05, 0) is 67.8 Å². The van der Waals surface area contributed by atoms with Crippen molar-refractivity contribution in [3.8, 4) is 0 Å². The number of fused-ring (bicyclic) bond motifs is 3. The van der Waals surface area contributed by atoms with E-state index >= 15 is 0 Å². The highest BCUT2D eigenvalue weighted by Crippen LogP contribution is 2.40. The molecule has 1 aromatic heterocycles. The molecule has 3 heterocycles. The van der Waals surface area contributed by atoms with Gasteiger partial charge in [0.05, 0.1) is 11.2 Å². The molecule has 0 radical (unpaired) electrons. The number of aliphatic imine (C=N–C) groups is 1. The van der Waals surface area contributed by atoms with E-state index in [-0.39, 0.29) is 5.78 Å². The number of ketones is 1. The number of hydrogen-bond donors (Lipinski definition) is 1. The van der Waals surface area contributed by atoms with Crippen LogP contribution in [0.15, 0.2) is 47.5 Å². The molecule has 1 fully saturated rings. The Labute approximate surface area is 169 Å². The Morgan fingerprint density at radius 1 is 1.10 bits per heavy atom. The lowest BCUT2D eigenvalue weighted by Gasteiger charge is -2.30. The van der Waals surface area contributed by atoms with Gasteiger partial charge in [0.2, 0.25) is 5.78 Å². The van der Waals surface area contributed by atoms with Crippen molar-refractivity contribution in [3.05, 3.63) is 64.8 Å². The van der Waals surface area contributed by atoms with Crippen LogP contribution in [0.5, 0.6) is 0 Å². The molecule has 5 nitrogen and oxygen atoms in total. The average molecular weight is 385 g/mol. The van der Waals surface area contributed by atoms with Crippen LogP contribution in [0.2, 0.25) is 0 Å². The molecule has 1 atom stereocenters. The number of aliphatic hydroxyl groups is 1. The van der Waals surface area contributed by atoms with E-state index in [0.29, 0.717) is 30.1 Å². The second-order valence-electron chi connectivity index (χ2n) is 8.01. The van der Waals surface area contributed by atoms with E-state index in [2.05, 4.69) is 24.0 Å². The van der Waals surface area contributed by atoms with Crippen LogP contribution in [0.25, 0.3) is 10.9 Å². The van der Waals surface area contributed by atoms with Crippen LogP contribution >= 0.6 is 0 Å². The lowest BCUT2D eigenvalue weighted by atomic mass is 9.86. The van der Waals surface area contributed by atoms with Crippen molar-refractivity contribution in [2.45, 2.75) is 39.2 Å². The number of hydrogen-bond acceptors (Lipinski definition) is 5. The molecule has 0 amide bonds. The number of anilines is 1. The molecule has 0 saturated carbocycles. The van der Waals surface area contributed by atoms with Gasteiger partial charge in [-0.1, -0.05) is 13.0 Å². The number of aromatic nitrogens is 1. The van der Waals surface area contributed by atoms with Gasteiger partial charge in [-0.3, -0.25) is 9.78 Å². The molecule has 2 aromatic carbocycles. The first-order valence-corrected chi connectivity index (χ1v) is 10.1. The third-order valence-corrected chi connectivity index (χ3v) is 6.19. The Balaban J connectivity index is 1.62. The van der Waals surface area contributed by atoms with Crippen molar-refractivity contribution in [2.75, 3.05) is 11.4 Å². The van der Waals surface area contributed by atoms with Gasteiger partial charge >= 0.3 is 0 Å². The Morgan fingerprint density at radius 3 is 2.69 bits per heavy atom. The summed E-state index contributed by atoms with van der Waals surface area (Å²) in [5.74, 6) is 0.175. The van der Waals surface area contributed by atoms with Gasteiger partial charge in [0.25, 0.3) is 0 Å². The first-order valence-electron chi connectivity index (χ1n) is 10.1. The minimum Gasteiger partial charge on any atom is -0.374 e. The summed E-state index contributed by atoms with van der Waals surface area (Å²) in [5, 5.41) is 12.3. The van der Waals surface area contributed by atoms with Crippen LogP contribution in [0.3, 0.4) is 0 Å². The first-order chi connectivity index (χ1) is 13.9. The number of pyridine rings is 1. The zero-order valence-electron chi connectivity index (χ0n) is 16.9. The minimum atomic E-state index is -1.56. The summed E-state index contributed by atoms with van der Waals surface area (Å²) in [5.41, 5.74) is 4.62. The van der Waals surface area contributed by atoms with Crippen LogP contribution in [0.1, 0.15) is 40.5 Å². The molecule has 1 N–H and O–H groups in total. The van der Waals surface area contributed by atoms with E-state index in [1.807, 2.05) is 49.1 Å². The van der Waals surface area contributed by atoms with Gasteiger partial charge in [-0.25, -0.2) is 4.99 Å². The van der Waals surface area contributed by atoms with Crippen molar-refractivity contribution in [3.63, 3.8) is 0 Å². The van der Waals surface area contributed by atoms with Crippen LogP contribution in [0, 0.1) is 13.8 Å². The van der Waals surface area contributed by atoms with E-state index in [4.69, 9.17) is 4.99 Å². The van der Waals surface area contributed by atoms with Crippen molar-refractivity contribution in [1.29, 1.82) is 0 Å². The molecule has 1 saturated heterocycles. The van der Waals surface area contributed by atoms with Crippen LogP contribution in [-0.4, -0.2) is 33.9 Å². The number of carbonyl (C=O) groups is 1. The predicted octanol–water partition coefficient (Wildman–Crippen LogP) is 4.28. The SMILES string of the molecule is CCc1ccc2cc(N3CCC4(O)C(=O)c5cc(C)c(C)cc5N=C34)ccc2n1. The number of carbonyl (C=O) groups excluding carboxylic acids is 1. The van der Waals surface area contributed by atoms with Gasteiger partial charge in [0.15, 0.2) is 5.60 Å². The smallest absolute Gasteiger partial charge is 0.204 e. The molecule has 1 unspecified atom stereocenters. The molecular formula is C24H23N3O2. The highest BCUT2D eigenvalue weighted by molar-refractivity contribution is 6.28. The number of rotatable bonds is 2. The summed E-state index contributed by atoms with van der Waals surface area (Å²) in [6.07, 6.45) is 1.23. The maximum Gasteiger partial charge on any atom is 0.204 e. The Kier molecular flexibility index (Phi) is 3.87. The van der Waals surface area contributed by atoms with Crippen molar-refractivity contribution < 1.29 is 9.90 Å². The molecule has 29 heavy (non-hydrogen) atoms. The first kappa shape index (κ1) is 18.0. The molecule has 2 aliphatic rings.